The van der Waals surface area contributed by atoms with Gasteiger partial charge in [0.2, 0.25) is 5.91 Å². The molecule has 5 rings (SSSR count). The number of benzene rings is 2. The van der Waals surface area contributed by atoms with Crippen LogP contribution in [0.4, 0.5) is 10.1 Å². The number of terminal acetylenes is 1. The lowest BCUT2D eigenvalue weighted by Crippen LogP contribution is -2.48. The Bertz CT molecular complexity index is 1480. The van der Waals surface area contributed by atoms with Gasteiger partial charge in [0.1, 0.15) is 5.82 Å². The van der Waals surface area contributed by atoms with E-state index < -0.39 is 12.0 Å². The monoisotopic (exact) mass is 553 g/mol. The largest absolute Gasteiger partial charge is 0.367 e. The molecule has 212 valence electrons. The van der Waals surface area contributed by atoms with Gasteiger partial charge < -0.3 is 20.1 Å². The summed E-state index contributed by atoms with van der Waals surface area (Å²) >= 11 is 0. The highest BCUT2D eigenvalue weighted by Crippen LogP contribution is 2.43. The molecule has 2 aromatic carbocycles. The summed E-state index contributed by atoms with van der Waals surface area (Å²) in [5.74, 6) is 1.55. The average molecular weight is 554 g/mol. The molecule has 0 saturated carbocycles. The van der Waals surface area contributed by atoms with E-state index in [0.29, 0.717) is 17.8 Å². The SMILES string of the molecule is C#C/C=C\c1[nH]cc(C2C(C(=O)NCCCN3CCN(c4ccccc4F)CC3)c3ccccc3C(=O)N2C)c1C. The zero-order valence-electron chi connectivity index (χ0n) is 23.6. The maximum absolute atomic E-state index is 14.2. The van der Waals surface area contributed by atoms with Gasteiger partial charge in [-0.2, -0.15) is 0 Å². The highest BCUT2D eigenvalue weighted by Gasteiger charge is 2.43. The smallest absolute Gasteiger partial charge is 0.254 e. The summed E-state index contributed by atoms with van der Waals surface area (Å²) in [4.78, 5) is 36.5. The van der Waals surface area contributed by atoms with Crippen LogP contribution in [0.2, 0.25) is 0 Å². The Labute approximate surface area is 241 Å². The lowest BCUT2D eigenvalue weighted by atomic mass is 9.79. The summed E-state index contributed by atoms with van der Waals surface area (Å²) in [7, 11) is 1.76. The van der Waals surface area contributed by atoms with Crippen molar-refractivity contribution in [3.63, 3.8) is 0 Å². The zero-order valence-corrected chi connectivity index (χ0v) is 23.6. The molecule has 1 fully saturated rings. The van der Waals surface area contributed by atoms with Crippen molar-refractivity contribution in [1.82, 2.24) is 20.1 Å². The Morgan fingerprint density at radius 2 is 1.85 bits per heavy atom. The number of carbonyl (C=O) groups is 2. The molecule has 3 aromatic rings. The van der Waals surface area contributed by atoms with Crippen LogP contribution in [0.1, 0.15) is 51.1 Å². The van der Waals surface area contributed by atoms with Crippen molar-refractivity contribution in [3.05, 3.63) is 94.6 Å². The number of aromatic nitrogens is 1. The maximum Gasteiger partial charge on any atom is 0.254 e. The van der Waals surface area contributed by atoms with Crippen LogP contribution in [-0.2, 0) is 4.79 Å². The number of para-hydroxylation sites is 1. The second-order valence-electron chi connectivity index (χ2n) is 10.6. The van der Waals surface area contributed by atoms with Gasteiger partial charge in [-0.15, -0.1) is 6.42 Å². The van der Waals surface area contributed by atoms with Gasteiger partial charge in [-0.1, -0.05) is 36.3 Å². The summed E-state index contributed by atoms with van der Waals surface area (Å²) in [6.07, 6.45) is 11.5. The fourth-order valence-corrected chi connectivity index (χ4v) is 6.03. The number of nitrogens with one attached hydrogen (secondary N) is 2. The van der Waals surface area contributed by atoms with Crippen LogP contribution in [-0.4, -0.2) is 72.9 Å². The molecule has 0 radical (unpaired) electrons. The first-order valence-electron chi connectivity index (χ1n) is 14.1. The number of likely N-dealkylation sites (N-methyl/N-ethyl adjacent to an activating group) is 1. The van der Waals surface area contributed by atoms with Crippen molar-refractivity contribution >= 4 is 23.6 Å². The molecule has 0 aliphatic carbocycles. The Morgan fingerprint density at radius 3 is 2.61 bits per heavy atom. The number of piperazine rings is 1. The standard InChI is InChI=1S/C33H36FN5O2/c1-4-5-14-28-23(2)26(22-36-28)31-30(24-11-6-7-12-25(24)33(41)37(31)3)32(40)35-16-10-17-38-18-20-39(21-19-38)29-15-9-8-13-27(29)34/h1,5-9,11-15,22,30-31,36H,10,16-21H2,2-3H3,(H,35,40)/b14-5-. The van der Waals surface area contributed by atoms with Gasteiger partial charge in [-0.3, -0.25) is 14.5 Å². The summed E-state index contributed by atoms with van der Waals surface area (Å²) in [5.41, 5.74) is 4.64. The minimum Gasteiger partial charge on any atom is -0.367 e. The number of amides is 2. The number of aromatic amines is 1. The molecule has 0 spiro atoms. The number of halogens is 1. The fraction of sp³-hybridized carbons (Fsp3) is 0.333. The van der Waals surface area contributed by atoms with E-state index in [1.807, 2.05) is 49.5 Å². The van der Waals surface area contributed by atoms with Crippen LogP contribution >= 0.6 is 0 Å². The molecule has 1 aromatic heterocycles. The highest BCUT2D eigenvalue weighted by atomic mass is 19.1. The third-order valence-electron chi connectivity index (χ3n) is 8.26. The minimum atomic E-state index is -0.558. The Balaban J connectivity index is 1.25. The molecular weight excluding hydrogens is 517 g/mol. The van der Waals surface area contributed by atoms with Crippen molar-refractivity contribution in [2.45, 2.75) is 25.3 Å². The summed E-state index contributed by atoms with van der Waals surface area (Å²) in [6, 6.07) is 13.8. The average Bonchev–Trinajstić information content (AvgIpc) is 3.35. The van der Waals surface area contributed by atoms with Crippen LogP contribution in [0.15, 0.2) is 60.8 Å². The van der Waals surface area contributed by atoms with E-state index in [1.54, 1.807) is 30.2 Å². The van der Waals surface area contributed by atoms with Gasteiger partial charge in [-0.25, -0.2) is 4.39 Å². The molecule has 3 heterocycles. The van der Waals surface area contributed by atoms with Crippen LogP contribution in [0.25, 0.3) is 6.08 Å². The lowest BCUT2D eigenvalue weighted by molar-refractivity contribution is -0.124. The molecule has 41 heavy (non-hydrogen) atoms. The highest BCUT2D eigenvalue weighted by molar-refractivity contribution is 6.01. The first-order valence-corrected chi connectivity index (χ1v) is 14.1. The Kier molecular flexibility index (Phi) is 8.55. The van der Waals surface area contributed by atoms with E-state index in [-0.39, 0.29) is 17.6 Å². The predicted octanol–water partition coefficient (Wildman–Crippen LogP) is 4.35. The number of rotatable bonds is 8. The quantitative estimate of drug-likeness (QED) is 0.322. The van der Waals surface area contributed by atoms with E-state index >= 15 is 0 Å². The number of hydrogen-bond acceptors (Lipinski definition) is 4. The van der Waals surface area contributed by atoms with Crippen LogP contribution in [0.5, 0.6) is 0 Å². The molecule has 2 aliphatic heterocycles. The lowest BCUT2D eigenvalue weighted by Gasteiger charge is -2.39. The first-order chi connectivity index (χ1) is 19.9. The summed E-state index contributed by atoms with van der Waals surface area (Å²) in [5, 5.41) is 3.16. The van der Waals surface area contributed by atoms with Crippen molar-refractivity contribution in [1.29, 1.82) is 0 Å². The number of carbonyl (C=O) groups excluding carboxylic acids is 2. The molecular formula is C33H36FN5O2. The van der Waals surface area contributed by atoms with E-state index in [0.717, 1.165) is 61.5 Å². The fourth-order valence-electron chi connectivity index (χ4n) is 6.03. The second-order valence-corrected chi connectivity index (χ2v) is 10.6. The van der Waals surface area contributed by atoms with Crippen molar-refractivity contribution in [3.8, 4) is 12.3 Å². The van der Waals surface area contributed by atoms with Gasteiger partial charge in [-0.05, 0) is 66.9 Å². The summed E-state index contributed by atoms with van der Waals surface area (Å²) < 4.78 is 14.2. The van der Waals surface area contributed by atoms with Crippen molar-refractivity contribution < 1.29 is 14.0 Å². The molecule has 0 bridgehead atoms. The molecule has 1 saturated heterocycles. The molecule has 7 nitrogen and oxygen atoms in total. The molecule has 2 amide bonds. The van der Waals surface area contributed by atoms with E-state index in [4.69, 9.17) is 6.42 Å². The van der Waals surface area contributed by atoms with Gasteiger partial charge in [0.05, 0.1) is 17.6 Å². The van der Waals surface area contributed by atoms with Crippen LogP contribution in [0.3, 0.4) is 0 Å². The molecule has 2 N–H and O–H groups in total. The van der Waals surface area contributed by atoms with E-state index in [2.05, 4.69) is 26.0 Å². The number of H-pyrrole nitrogens is 1. The van der Waals surface area contributed by atoms with E-state index in [9.17, 15) is 14.0 Å². The number of hydrogen-bond donors (Lipinski definition) is 2. The van der Waals surface area contributed by atoms with E-state index in [1.165, 1.54) is 6.07 Å². The van der Waals surface area contributed by atoms with Crippen molar-refractivity contribution in [2.24, 2.45) is 0 Å². The molecule has 2 atom stereocenters. The normalized spacial score (nSPS) is 19.3. The predicted molar refractivity (Wildman–Crippen MR) is 160 cm³/mol. The summed E-state index contributed by atoms with van der Waals surface area (Å²) in [6.45, 7) is 6.56. The topological polar surface area (TPSA) is 71.7 Å². The number of fused-ring (bicyclic) bond motifs is 1. The second kappa shape index (κ2) is 12.4. The third kappa shape index (κ3) is 5.77. The Morgan fingerprint density at radius 1 is 1.12 bits per heavy atom. The maximum atomic E-state index is 14.2. The van der Waals surface area contributed by atoms with Crippen LogP contribution < -0.4 is 10.2 Å². The zero-order chi connectivity index (χ0) is 28.9. The Hall–Kier alpha value is -4.35. The van der Waals surface area contributed by atoms with Crippen LogP contribution in [0, 0.1) is 25.1 Å². The van der Waals surface area contributed by atoms with Gasteiger partial charge in [0, 0.05) is 57.2 Å². The van der Waals surface area contributed by atoms with Crippen molar-refractivity contribution in [2.75, 3.05) is 51.2 Å². The molecule has 2 aliphatic rings. The van der Waals surface area contributed by atoms with Gasteiger partial charge in [0.15, 0.2) is 0 Å². The number of allylic oxidation sites excluding steroid dienone is 1. The number of nitrogens with zero attached hydrogens (tertiary/aromatic N) is 3. The first kappa shape index (κ1) is 28.2. The molecule has 8 heteroatoms. The molecule has 2 unspecified atom stereocenters. The minimum absolute atomic E-state index is 0.104. The van der Waals surface area contributed by atoms with Gasteiger partial charge >= 0.3 is 0 Å². The third-order valence-corrected chi connectivity index (χ3v) is 8.26. The van der Waals surface area contributed by atoms with Gasteiger partial charge in [0.25, 0.3) is 5.91 Å². The number of anilines is 1.